The van der Waals surface area contributed by atoms with Crippen molar-refractivity contribution >= 4 is 17.5 Å². The average Bonchev–Trinajstić information content (AvgIpc) is 2.56. The molecule has 1 aliphatic rings. The van der Waals surface area contributed by atoms with Gasteiger partial charge in [-0.15, -0.1) is 0 Å². The molecule has 25 heavy (non-hydrogen) atoms. The minimum atomic E-state index is -0.119. The van der Waals surface area contributed by atoms with Crippen molar-refractivity contribution in [3.8, 4) is 0 Å². The monoisotopic (exact) mass is 347 g/mol. The zero-order valence-electron chi connectivity index (χ0n) is 15.6. The fourth-order valence-electron chi connectivity index (χ4n) is 3.44. The number of carbonyl (C=O) groups is 2. The van der Waals surface area contributed by atoms with Crippen LogP contribution in [0.4, 0.5) is 5.69 Å². The van der Waals surface area contributed by atoms with Gasteiger partial charge in [0.05, 0.1) is 0 Å². The SMILES string of the molecule is COCCCN1C(C)CN(C(=O)c2ccc(NC(C)=O)cc2)CC1C. The van der Waals surface area contributed by atoms with Gasteiger partial charge in [0.2, 0.25) is 5.91 Å². The molecule has 0 spiro atoms. The first-order chi connectivity index (χ1) is 11.9. The van der Waals surface area contributed by atoms with E-state index in [1.165, 1.54) is 6.92 Å². The van der Waals surface area contributed by atoms with Gasteiger partial charge in [0.15, 0.2) is 0 Å². The molecule has 6 heteroatoms. The highest BCUT2D eigenvalue weighted by atomic mass is 16.5. The molecule has 1 fully saturated rings. The predicted molar refractivity (Wildman–Crippen MR) is 98.8 cm³/mol. The lowest BCUT2D eigenvalue weighted by molar-refractivity contribution is -0.114. The Hall–Kier alpha value is -1.92. The lowest BCUT2D eigenvalue weighted by atomic mass is 10.1. The molecule has 2 rings (SSSR count). The number of anilines is 1. The summed E-state index contributed by atoms with van der Waals surface area (Å²) in [6.07, 6.45) is 1.00. The van der Waals surface area contributed by atoms with Gasteiger partial charge in [0.1, 0.15) is 0 Å². The van der Waals surface area contributed by atoms with Crippen LogP contribution < -0.4 is 5.32 Å². The van der Waals surface area contributed by atoms with Gasteiger partial charge >= 0.3 is 0 Å². The molecule has 1 aliphatic heterocycles. The first-order valence-corrected chi connectivity index (χ1v) is 8.84. The number of amides is 2. The molecule has 138 valence electrons. The Balaban J connectivity index is 1.97. The molecule has 0 saturated carbocycles. The van der Waals surface area contributed by atoms with E-state index in [1.54, 1.807) is 31.4 Å². The number of nitrogens with zero attached hydrogens (tertiary/aromatic N) is 2. The van der Waals surface area contributed by atoms with Gasteiger partial charge in [-0.2, -0.15) is 0 Å². The Bertz CT molecular complexity index is 576. The Morgan fingerprint density at radius 1 is 1.16 bits per heavy atom. The van der Waals surface area contributed by atoms with Crippen molar-refractivity contribution < 1.29 is 14.3 Å². The fraction of sp³-hybridized carbons (Fsp3) is 0.579. The highest BCUT2D eigenvalue weighted by Gasteiger charge is 2.31. The van der Waals surface area contributed by atoms with E-state index in [4.69, 9.17) is 4.74 Å². The first-order valence-electron chi connectivity index (χ1n) is 8.84. The van der Waals surface area contributed by atoms with E-state index >= 15 is 0 Å². The predicted octanol–water partition coefficient (Wildman–Crippen LogP) is 2.22. The maximum atomic E-state index is 12.8. The molecule has 1 N–H and O–H groups in total. The lowest BCUT2D eigenvalue weighted by Gasteiger charge is -2.44. The Morgan fingerprint density at radius 3 is 2.28 bits per heavy atom. The number of rotatable bonds is 6. The fourth-order valence-corrected chi connectivity index (χ4v) is 3.44. The zero-order valence-corrected chi connectivity index (χ0v) is 15.6. The van der Waals surface area contributed by atoms with Crippen molar-refractivity contribution in [2.24, 2.45) is 0 Å². The van der Waals surface area contributed by atoms with Crippen LogP contribution in [0.1, 0.15) is 37.6 Å². The summed E-state index contributed by atoms with van der Waals surface area (Å²) < 4.78 is 5.14. The molecular formula is C19H29N3O3. The minimum absolute atomic E-state index is 0.0459. The highest BCUT2D eigenvalue weighted by Crippen LogP contribution is 2.19. The molecule has 2 unspecified atom stereocenters. The minimum Gasteiger partial charge on any atom is -0.385 e. The Kier molecular flexibility index (Phi) is 6.96. The van der Waals surface area contributed by atoms with E-state index in [2.05, 4.69) is 24.1 Å². The molecule has 0 radical (unpaired) electrons. The van der Waals surface area contributed by atoms with Crippen LogP contribution in [0.25, 0.3) is 0 Å². The Labute approximate surface area is 150 Å². The summed E-state index contributed by atoms with van der Waals surface area (Å²) in [4.78, 5) is 28.2. The molecule has 2 atom stereocenters. The Morgan fingerprint density at radius 2 is 1.76 bits per heavy atom. The van der Waals surface area contributed by atoms with Gasteiger partial charge in [-0.1, -0.05) is 0 Å². The van der Waals surface area contributed by atoms with Crippen molar-refractivity contribution in [2.75, 3.05) is 38.7 Å². The molecule has 1 aromatic carbocycles. The first kappa shape index (κ1) is 19.4. The van der Waals surface area contributed by atoms with Crippen molar-refractivity contribution in [2.45, 2.75) is 39.3 Å². The van der Waals surface area contributed by atoms with Gasteiger partial charge in [0.25, 0.3) is 5.91 Å². The third-order valence-electron chi connectivity index (χ3n) is 4.61. The van der Waals surface area contributed by atoms with Crippen molar-refractivity contribution in [1.82, 2.24) is 9.80 Å². The lowest BCUT2D eigenvalue weighted by Crippen LogP contribution is -2.58. The number of piperazine rings is 1. The van der Waals surface area contributed by atoms with Crippen LogP contribution in [0.3, 0.4) is 0 Å². The second-order valence-corrected chi connectivity index (χ2v) is 6.75. The molecule has 0 aromatic heterocycles. The van der Waals surface area contributed by atoms with E-state index in [0.29, 0.717) is 23.3 Å². The third kappa shape index (κ3) is 5.28. The summed E-state index contributed by atoms with van der Waals surface area (Å²) in [5.41, 5.74) is 1.36. The second-order valence-electron chi connectivity index (χ2n) is 6.75. The smallest absolute Gasteiger partial charge is 0.253 e. The van der Waals surface area contributed by atoms with Crippen LogP contribution in [0.15, 0.2) is 24.3 Å². The van der Waals surface area contributed by atoms with E-state index in [1.807, 2.05) is 4.90 Å². The summed E-state index contributed by atoms with van der Waals surface area (Å²) in [6, 6.07) is 7.72. The molecule has 6 nitrogen and oxygen atoms in total. The van der Waals surface area contributed by atoms with E-state index in [0.717, 1.165) is 32.7 Å². The standard InChI is InChI=1S/C19H29N3O3/c1-14-12-21(13-15(2)22(14)10-5-11-25-4)19(24)17-6-8-18(9-7-17)20-16(3)23/h6-9,14-15H,5,10-13H2,1-4H3,(H,20,23). The largest absolute Gasteiger partial charge is 0.385 e. The summed E-state index contributed by atoms with van der Waals surface area (Å²) in [5.74, 6) is -0.0732. The third-order valence-corrected chi connectivity index (χ3v) is 4.61. The van der Waals surface area contributed by atoms with Crippen LogP contribution in [-0.2, 0) is 9.53 Å². The van der Waals surface area contributed by atoms with Crippen LogP contribution in [0, 0.1) is 0 Å². The number of nitrogens with one attached hydrogen (secondary N) is 1. The van der Waals surface area contributed by atoms with E-state index in [9.17, 15) is 9.59 Å². The quantitative estimate of drug-likeness (QED) is 0.802. The van der Waals surface area contributed by atoms with E-state index in [-0.39, 0.29) is 11.8 Å². The van der Waals surface area contributed by atoms with E-state index < -0.39 is 0 Å². The number of hydrogen-bond acceptors (Lipinski definition) is 4. The number of benzene rings is 1. The highest BCUT2D eigenvalue weighted by molar-refractivity contribution is 5.95. The van der Waals surface area contributed by atoms with Crippen LogP contribution >= 0.6 is 0 Å². The van der Waals surface area contributed by atoms with Crippen LogP contribution in [0.2, 0.25) is 0 Å². The summed E-state index contributed by atoms with van der Waals surface area (Å²) in [5, 5.41) is 2.71. The van der Waals surface area contributed by atoms with Gasteiger partial charge in [-0.25, -0.2) is 0 Å². The summed E-state index contributed by atoms with van der Waals surface area (Å²) >= 11 is 0. The van der Waals surface area contributed by atoms with Crippen LogP contribution in [0.5, 0.6) is 0 Å². The summed E-state index contributed by atoms with van der Waals surface area (Å²) in [7, 11) is 1.72. The van der Waals surface area contributed by atoms with Crippen molar-refractivity contribution in [1.29, 1.82) is 0 Å². The van der Waals surface area contributed by atoms with Crippen molar-refractivity contribution in [3.63, 3.8) is 0 Å². The average molecular weight is 347 g/mol. The van der Waals surface area contributed by atoms with Gasteiger partial charge in [-0.3, -0.25) is 14.5 Å². The number of ether oxygens (including phenoxy) is 1. The molecule has 1 saturated heterocycles. The molecule has 1 aromatic rings. The van der Waals surface area contributed by atoms with Gasteiger partial charge < -0.3 is 15.0 Å². The van der Waals surface area contributed by atoms with Crippen molar-refractivity contribution in [3.05, 3.63) is 29.8 Å². The number of hydrogen-bond donors (Lipinski definition) is 1. The van der Waals surface area contributed by atoms with Gasteiger partial charge in [-0.05, 0) is 44.5 Å². The maximum absolute atomic E-state index is 12.8. The molecule has 2 amide bonds. The topological polar surface area (TPSA) is 61.9 Å². The number of methoxy groups -OCH3 is 1. The molecule has 1 heterocycles. The van der Waals surface area contributed by atoms with Crippen LogP contribution in [-0.4, -0.2) is 67.0 Å². The zero-order chi connectivity index (χ0) is 18.4. The maximum Gasteiger partial charge on any atom is 0.253 e. The molecular weight excluding hydrogens is 318 g/mol. The normalized spacial score (nSPS) is 21.2. The number of carbonyl (C=O) groups excluding carboxylic acids is 2. The molecule has 0 bridgehead atoms. The molecule has 0 aliphatic carbocycles. The summed E-state index contributed by atoms with van der Waals surface area (Å²) in [6.45, 7) is 9.01. The second kappa shape index (κ2) is 8.97. The van der Waals surface area contributed by atoms with Gasteiger partial charge in [0, 0.05) is 63.6 Å².